The molecule has 4 heteroatoms. The average molecular weight is 277 g/mol. The number of hydrogen-bond acceptors (Lipinski definition) is 2. The first kappa shape index (κ1) is 14.3. The summed E-state index contributed by atoms with van der Waals surface area (Å²) in [4.78, 5) is 0. The second kappa shape index (κ2) is 6.89. The van der Waals surface area contributed by atoms with E-state index >= 15 is 0 Å². The molecule has 2 nitrogen and oxygen atoms in total. The molecule has 0 aliphatic carbocycles. The Balaban J connectivity index is 1.95. The standard InChI is InChI=1S/C16H17F2NO/c1-2-10-20-14-8-6-13(7-9-14)19-11-12-4-3-5-15(17)16(12)18/h3-9,19H,2,10-11H2,1H3. The van der Waals surface area contributed by atoms with Crippen molar-refractivity contribution in [3.05, 3.63) is 59.7 Å². The predicted octanol–water partition coefficient (Wildman–Crippen LogP) is 4.37. The Morgan fingerprint density at radius 3 is 2.50 bits per heavy atom. The summed E-state index contributed by atoms with van der Waals surface area (Å²) in [5, 5.41) is 3.05. The summed E-state index contributed by atoms with van der Waals surface area (Å²) in [6.07, 6.45) is 0.957. The molecular formula is C16H17F2NO. The Morgan fingerprint density at radius 2 is 1.80 bits per heavy atom. The van der Waals surface area contributed by atoms with E-state index in [-0.39, 0.29) is 6.54 Å². The van der Waals surface area contributed by atoms with Crippen molar-refractivity contribution >= 4 is 5.69 Å². The largest absolute Gasteiger partial charge is 0.494 e. The van der Waals surface area contributed by atoms with E-state index in [9.17, 15) is 8.78 Å². The fraction of sp³-hybridized carbons (Fsp3) is 0.250. The summed E-state index contributed by atoms with van der Waals surface area (Å²) in [6, 6.07) is 11.6. The van der Waals surface area contributed by atoms with Crippen LogP contribution in [0.3, 0.4) is 0 Å². The molecule has 0 aliphatic rings. The number of benzene rings is 2. The summed E-state index contributed by atoms with van der Waals surface area (Å²) in [5.74, 6) is -0.829. The number of anilines is 1. The molecule has 0 spiro atoms. The molecule has 2 aromatic rings. The molecule has 0 saturated heterocycles. The summed E-state index contributed by atoms with van der Waals surface area (Å²) < 4.78 is 32.0. The maximum atomic E-state index is 13.5. The van der Waals surface area contributed by atoms with Crippen LogP contribution in [0.25, 0.3) is 0 Å². The van der Waals surface area contributed by atoms with E-state index in [0.717, 1.165) is 23.9 Å². The van der Waals surface area contributed by atoms with Gasteiger partial charge in [-0.05, 0) is 36.8 Å². The summed E-state index contributed by atoms with van der Waals surface area (Å²) >= 11 is 0. The third-order valence-corrected chi connectivity index (χ3v) is 2.84. The van der Waals surface area contributed by atoms with Gasteiger partial charge in [-0.15, -0.1) is 0 Å². The molecule has 0 atom stereocenters. The number of hydrogen-bond donors (Lipinski definition) is 1. The zero-order valence-corrected chi connectivity index (χ0v) is 11.3. The van der Waals surface area contributed by atoms with Crippen molar-refractivity contribution in [1.29, 1.82) is 0 Å². The monoisotopic (exact) mass is 277 g/mol. The summed E-state index contributed by atoms with van der Waals surface area (Å²) in [5.41, 5.74) is 1.13. The summed E-state index contributed by atoms with van der Waals surface area (Å²) in [6.45, 7) is 2.96. The van der Waals surface area contributed by atoms with Gasteiger partial charge in [0.25, 0.3) is 0 Å². The lowest BCUT2D eigenvalue weighted by Gasteiger charge is -2.09. The second-order valence-corrected chi connectivity index (χ2v) is 4.44. The highest BCUT2D eigenvalue weighted by molar-refractivity contribution is 5.46. The minimum atomic E-state index is -0.826. The molecule has 0 fully saturated rings. The van der Waals surface area contributed by atoms with Gasteiger partial charge in [0.15, 0.2) is 11.6 Å². The van der Waals surface area contributed by atoms with Gasteiger partial charge in [-0.3, -0.25) is 0 Å². The normalized spacial score (nSPS) is 10.3. The van der Waals surface area contributed by atoms with E-state index in [1.807, 2.05) is 31.2 Å². The van der Waals surface area contributed by atoms with E-state index < -0.39 is 11.6 Å². The van der Waals surface area contributed by atoms with Crippen LogP contribution in [0.4, 0.5) is 14.5 Å². The lowest BCUT2D eigenvalue weighted by atomic mass is 10.2. The minimum Gasteiger partial charge on any atom is -0.494 e. The third kappa shape index (κ3) is 3.70. The molecule has 0 aromatic heterocycles. The Labute approximate surface area is 117 Å². The molecule has 0 heterocycles. The van der Waals surface area contributed by atoms with Gasteiger partial charge in [-0.1, -0.05) is 19.1 Å². The molecule has 0 radical (unpaired) electrons. The average Bonchev–Trinajstić information content (AvgIpc) is 2.48. The van der Waals surface area contributed by atoms with E-state index in [1.54, 1.807) is 6.07 Å². The molecule has 20 heavy (non-hydrogen) atoms. The van der Waals surface area contributed by atoms with Crippen molar-refractivity contribution in [3.8, 4) is 5.75 Å². The van der Waals surface area contributed by atoms with Crippen LogP contribution < -0.4 is 10.1 Å². The zero-order valence-electron chi connectivity index (χ0n) is 11.3. The van der Waals surface area contributed by atoms with Crippen molar-refractivity contribution in [2.45, 2.75) is 19.9 Å². The highest BCUT2D eigenvalue weighted by Crippen LogP contribution is 2.18. The fourth-order valence-corrected chi connectivity index (χ4v) is 1.77. The van der Waals surface area contributed by atoms with Gasteiger partial charge in [0, 0.05) is 17.8 Å². The fourth-order valence-electron chi connectivity index (χ4n) is 1.77. The van der Waals surface area contributed by atoms with Crippen molar-refractivity contribution < 1.29 is 13.5 Å². The SMILES string of the molecule is CCCOc1ccc(NCc2cccc(F)c2F)cc1. The van der Waals surface area contributed by atoms with E-state index in [1.165, 1.54) is 6.07 Å². The van der Waals surface area contributed by atoms with Crippen LogP contribution in [-0.2, 0) is 6.54 Å². The molecular weight excluding hydrogens is 260 g/mol. The van der Waals surface area contributed by atoms with Gasteiger partial charge in [-0.2, -0.15) is 0 Å². The van der Waals surface area contributed by atoms with Gasteiger partial charge in [0.1, 0.15) is 5.75 Å². The molecule has 106 valence electrons. The highest BCUT2D eigenvalue weighted by atomic mass is 19.2. The van der Waals surface area contributed by atoms with E-state index in [0.29, 0.717) is 12.2 Å². The molecule has 0 bridgehead atoms. The van der Waals surface area contributed by atoms with Crippen LogP contribution in [-0.4, -0.2) is 6.61 Å². The second-order valence-electron chi connectivity index (χ2n) is 4.44. The first-order chi connectivity index (χ1) is 9.70. The number of nitrogens with one attached hydrogen (secondary N) is 1. The maximum absolute atomic E-state index is 13.5. The van der Waals surface area contributed by atoms with Crippen LogP contribution in [0.5, 0.6) is 5.75 Å². The molecule has 2 rings (SSSR count). The summed E-state index contributed by atoms with van der Waals surface area (Å²) in [7, 11) is 0. The maximum Gasteiger partial charge on any atom is 0.163 e. The van der Waals surface area contributed by atoms with Gasteiger partial charge >= 0.3 is 0 Å². The third-order valence-electron chi connectivity index (χ3n) is 2.84. The van der Waals surface area contributed by atoms with Crippen molar-refractivity contribution in [2.75, 3.05) is 11.9 Å². The van der Waals surface area contributed by atoms with Crippen LogP contribution >= 0.6 is 0 Å². The van der Waals surface area contributed by atoms with Gasteiger partial charge < -0.3 is 10.1 Å². The lowest BCUT2D eigenvalue weighted by molar-refractivity contribution is 0.317. The van der Waals surface area contributed by atoms with Crippen molar-refractivity contribution in [3.63, 3.8) is 0 Å². The Bertz CT molecular complexity index is 555. The quantitative estimate of drug-likeness (QED) is 0.846. The van der Waals surface area contributed by atoms with E-state index in [4.69, 9.17) is 4.74 Å². The van der Waals surface area contributed by atoms with Gasteiger partial charge in [-0.25, -0.2) is 8.78 Å². The molecule has 0 saturated carbocycles. The highest BCUT2D eigenvalue weighted by Gasteiger charge is 2.06. The smallest absolute Gasteiger partial charge is 0.163 e. The first-order valence-corrected chi connectivity index (χ1v) is 6.60. The molecule has 2 aromatic carbocycles. The molecule has 0 aliphatic heterocycles. The Morgan fingerprint density at radius 1 is 1.05 bits per heavy atom. The number of rotatable bonds is 6. The molecule has 1 N–H and O–H groups in total. The van der Waals surface area contributed by atoms with Crippen molar-refractivity contribution in [2.24, 2.45) is 0 Å². The predicted molar refractivity (Wildman–Crippen MR) is 75.9 cm³/mol. The number of ether oxygens (including phenoxy) is 1. The van der Waals surface area contributed by atoms with Crippen molar-refractivity contribution in [1.82, 2.24) is 0 Å². The Kier molecular flexibility index (Phi) is 4.93. The van der Waals surface area contributed by atoms with Gasteiger partial charge in [0.2, 0.25) is 0 Å². The Hall–Kier alpha value is -2.10. The van der Waals surface area contributed by atoms with Crippen LogP contribution in [0.2, 0.25) is 0 Å². The zero-order chi connectivity index (χ0) is 14.4. The van der Waals surface area contributed by atoms with Crippen LogP contribution in [0.1, 0.15) is 18.9 Å². The first-order valence-electron chi connectivity index (χ1n) is 6.60. The molecule has 0 amide bonds. The molecule has 0 unspecified atom stereocenters. The lowest BCUT2D eigenvalue weighted by Crippen LogP contribution is -2.03. The minimum absolute atomic E-state index is 0.235. The number of halogens is 2. The van der Waals surface area contributed by atoms with E-state index in [2.05, 4.69) is 5.32 Å². The topological polar surface area (TPSA) is 21.3 Å². The van der Waals surface area contributed by atoms with Crippen LogP contribution in [0.15, 0.2) is 42.5 Å². The van der Waals surface area contributed by atoms with Gasteiger partial charge in [0.05, 0.1) is 6.61 Å². The van der Waals surface area contributed by atoms with Crippen LogP contribution in [0, 0.1) is 11.6 Å².